The number of fused-ring (bicyclic) bond motifs is 2. The number of amides is 1. The molecule has 23 heavy (non-hydrogen) atoms. The number of rotatable bonds is 2. The maximum absolute atomic E-state index is 12.1. The van der Waals surface area contributed by atoms with Crippen molar-refractivity contribution >= 4 is 22.5 Å². The number of nitrogens with one attached hydrogen (secondary N) is 1. The zero-order chi connectivity index (χ0) is 15.8. The molecule has 0 bridgehead atoms. The van der Waals surface area contributed by atoms with Gasteiger partial charge < -0.3 is 24.4 Å². The molecule has 0 saturated carbocycles. The molecule has 2 aliphatic heterocycles. The van der Waals surface area contributed by atoms with Crippen LogP contribution in [0.25, 0.3) is 10.9 Å². The van der Waals surface area contributed by atoms with Gasteiger partial charge in [-0.1, -0.05) is 0 Å². The van der Waals surface area contributed by atoms with Crippen molar-refractivity contribution in [3.8, 4) is 11.5 Å². The summed E-state index contributed by atoms with van der Waals surface area (Å²) >= 11 is 0. The fourth-order valence-electron chi connectivity index (χ4n) is 2.91. The van der Waals surface area contributed by atoms with Crippen LogP contribution >= 0.6 is 0 Å². The van der Waals surface area contributed by atoms with Crippen LogP contribution < -0.4 is 19.7 Å². The van der Waals surface area contributed by atoms with Crippen molar-refractivity contribution < 1.29 is 19.0 Å². The molecule has 1 aromatic carbocycles. The highest BCUT2D eigenvalue weighted by molar-refractivity contribution is 6.01. The van der Waals surface area contributed by atoms with E-state index in [0.717, 1.165) is 29.7 Å². The summed E-state index contributed by atoms with van der Waals surface area (Å²) in [7, 11) is 1.60. The second-order valence-electron chi connectivity index (χ2n) is 5.43. The van der Waals surface area contributed by atoms with Crippen LogP contribution in [0.1, 0.15) is 10.5 Å². The van der Waals surface area contributed by atoms with Gasteiger partial charge in [0.2, 0.25) is 6.79 Å². The molecule has 1 amide bonds. The van der Waals surface area contributed by atoms with Gasteiger partial charge in [0.15, 0.2) is 11.5 Å². The smallest absolute Gasteiger partial charge is 0.269 e. The first kappa shape index (κ1) is 14.1. The van der Waals surface area contributed by atoms with Crippen LogP contribution in [0.4, 0.5) is 5.69 Å². The summed E-state index contributed by atoms with van der Waals surface area (Å²) in [6.45, 7) is 3.11. The van der Waals surface area contributed by atoms with E-state index in [1.807, 2.05) is 18.2 Å². The average molecular weight is 315 g/mol. The van der Waals surface area contributed by atoms with E-state index in [1.54, 1.807) is 7.05 Å². The molecular formula is C16H17N3O4. The van der Waals surface area contributed by atoms with Crippen LogP contribution in [-0.4, -0.2) is 51.0 Å². The third kappa shape index (κ3) is 2.43. The van der Waals surface area contributed by atoms with Crippen molar-refractivity contribution in [3.05, 3.63) is 23.9 Å². The molecule has 7 nitrogen and oxygen atoms in total. The third-order valence-corrected chi connectivity index (χ3v) is 4.09. The Bertz CT molecular complexity index is 771. The molecule has 0 spiro atoms. The number of ether oxygens (including phenoxy) is 3. The molecule has 1 aromatic heterocycles. The molecule has 1 saturated heterocycles. The number of aromatic nitrogens is 1. The van der Waals surface area contributed by atoms with Crippen molar-refractivity contribution in [2.75, 3.05) is 45.0 Å². The number of carbonyl (C=O) groups is 1. The monoisotopic (exact) mass is 315 g/mol. The molecule has 0 radical (unpaired) electrons. The first-order valence-corrected chi connectivity index (χ1v) is 7.55. The topological polar surface area (TPSA) is 72.9 Å². The van der Waals surface area contributed by atoms with Crippen LogP contribution in [-0.2, 0) is 4.74 Å². The van der Waals surface area contributed by atoms with Crippen molar-refractivity contribution in [1.29, 1.82) is 0 Å². The van der Waals surface area contributed by atoms with Crippen molar-refractivity contribution in [3.63, 3.8) is 0 Å². The van der Waals surface area contributed by atoms with E-state index in [4.69, 9.17) is 14.2 Å². The number of pyridine rings is 1. The minimum absolute atomic E-state index is 0.209. The Morgan fingerprint density at radius 3 is 2.65 bits per heavy atom. The first-order chi connectivity index (χ1) is 11.3. The standard InChI is InChI=1S/C16H17N3O4/c1-17-16(20)12-7-13(19-2-4-21-5-3-19)10-6-14-15(23-9-22-14)8-11(10)18-12/h6-8H,2-5,9H2,1H3,(H,17,20). The summed E-state index contributed by atoms with van der Waals surface area (Å²) < 4.78 is 16.3. The van der Waals surface area contributed by atoms with Gasteiger partial charge in [0.05, 0.1) is 18.7 Å². The Morgan fingerprint density at radius 1 is 1.17 bits per heavy atom. The van der Waals surface area contributed by atoms with Crippen molar-refractivity contribution in [1.82, 2.24) is 10.3 Å². The summed E-state index contributed by atoms with van der Waals surface area (Å²) in [5.74, 6) is 1.16. The normalized spacial score (nSPS) is 16.7. The summed E-state index contributed by atoms with van der Waals surface area (Å²) in [5.41, 5.74) is 2.08. The molecule has 2 aromatic rings. The molecule has 1 fully saturated rings. The van der Waals surface area contributed by atoms with E-state index in [0.29, 0.717) is 30.4 Å². The van der Waals surface area contributed by atoms with Gasteiger partial charge in [-0.05, 0) is 12.1 Å². The molecular weight excluding hydrogens is 298 g/mol. The number of nitrogens with zero attached hydrogens (tertiary/aromatic N) is 2. The summed E-state index contributed by atoms with van der Waals surface area (Å²) in [6.07, 6.45) is 0. The Hall–Kier alpha value is -2.54. The van der Waals surface area contributed by atoms with Crippen LogP contribution in [0.2, 0.25) is 0 Å². The first-order valence-electron chi connectivity index (χ1n) is 7.55. The lowest BCUT2D eigenvalue weighted by molar-refractivity contribution is 0.0958. The van der Waals surface area contributed by atoms with E-state index < -0.39 is 0 Å². The minimum Gasteiger partial charge on any atom is -0.454 e. The van der Waals surface area contributed by atoms with Gasteiger partial charge in [-0.15, -0.1) is 0 Å². The van der Waals surface area contributed by atoms with Crippen LogP contribution in [0, 0.1) is 0 Å². The van der Waals surface area contributed by atoms with Gasteiger partial charge in [-0.2, -0.15) is 0 Å². The number of benzene rings is 1. The maximum Gasteiger partial charge on any atom is 0.269 e. The SMILES string of the molecule is CNC(=O)c1cc(N2CCOCC2)c2cc3c(cc2n1)OCO3. The molecule has 0 unspecified atom stereocenters. The van der Waals surface area contributed by atoms with Crippen molar-refractivity contribution in [2.45, 2.75) is 0 Å². The van der Waals surface area contributed by atoms with Gasteiger partial charge in [-0.3, -0.25) is 4.79 Å². The Balaban J connectivity index is 1.91. The number of anilines is 1. The Morgan fingerprint density at radius 2 is 1.91 bits per heavy atom. The fraction of sp³-hybridized carbons (Fsp3) is 0.375. The van der Waals surface area contributed by atoms with Gasteiger partial charge in [0, 0.05) is 37.3 Å². The number of morpholine rings is 1. The third-order valence-electron chi connectivity index (χ3n) is 4.09. The van der Waals surface area contributed by atoms with Gasteiger partial charge >= 0.3 is 0 Å². The molecule has 0 atom stereocenters. The highest BCUT2D eigenvalue weighted by Gasteiger charge is 2.22. The fourth-order valence-corrected chi connectivity index (χ4v) is 2.91. The van der Waals surface area contributed by atoms with Crippen LogP contribution in [0.15, 0.2) is 18.2 Å². The number of hydrogen-bond acceptors (Lipinski definition) is 6. The number of carbonyl (C=O) groups excluding carboxylic acids is 1. The molecule has 2 aliphatic rings. The lowest BCUT2D eigenvalue weighted by atomic mass is 10.1. The summed E-state index contributed by atoms with van der Waals surface area (Å²) in [4.78, 5) is 18.7. The number of hydrogen-bond donors (Lipinski definition) is 1. The predicted octanol–water partition coefficient (Wildman–Crippen LogP) is 1.16. The van der Waals surface area contributed by atoms with Gasteiger partial charge in [0.1, 0.15) is 5.69 Å². The van der Waals surface area contributed by atoms with E-state index in [9.17, 15) is 4.79 Å². The lowest BCUT2D eigenvalue weighted by Gasteiger charge is -2.30. The minimum atomic E-state index is -0.209. The van der Waals surface area contributed by atoms with E-state index in [2.05, 4.69) is 15.2 Å². The zero-order valence-electron chi connectivity index (χ0n) is 12.8. The van der Waals surface area contributed by atoms with E-state index in [-0.39, 0.29) is 12.7 Å². The second-order valence-corrected chi connectivity index (χ2v) is 5.43. The molecule has 1 N–H and O–H groups in total. The lowest BCUT2D eigenvalue weighted by Crippen LogP contribution is -2.36. The van der Waals surface area contributed by atoms with Crippen LogP contribution in [0.5, 0.6) is 11.5 Å². The molecule has 0 aliphatic carbocycles. The average Bonchev–Trinajstić information content (AvgIpc) is 3.06. The molecule has 4 rings (SSSR count). The second kappa shape index (κ2) is 5.58. The molecule has 120 valence electrons. The van der Waals surface area contributed by atoms with Gasteiger partial charge in [0.25, 0.3) is 5.91 Å². The molecule has 7 heteroatoms. The van der Waals surface area contributed by atoms with E-state index >= 15 is 0 Å². The summed E-state index contributed by atoms with van der Waals surface area (Å²) in [6, 6.07) is 5.59. The van der Waals surface area contributed by atoms with Gasteiger partial charge in [-0.25, -0.2) is 4.98 Å². The zero-order valence-corrected chi connectivity index (χ0v) is 12.8. The summed E-state index contributed by atoms with van der Waals surface area (Å²) in [5, 5.41) is 3.58. The van der Waals surface area contributed by atoms with E-state index in [1.165, 1.54) is 0 Å². The highest BCUT2D eigenvalue weighted by atomic mass is 16.7. The quantitative estimate of drug-likeness (QED) is 0.896. The van der Waals surface area contributed by atoms with Crippen LogP contribution in [0.3, 0.4) is 0 Å². The largest absolute Gasteiger partial charge is 0.454 e. The maximum atomic E-state index is 12.1. The van der Waals surface area contributed by atoms with Crippen molar-refractivity contribution in [2.24, 2.45) is 0 Å². The Kier molecular flexibility index (Phi) is 3.42. The molecule has 3 heterocycles. The highest BCUT2D eigenvalue weighted by Crippen LogP contribution is 2.39. The predicted molar refractivity (Wildman–Crippen MR) is 84.3 cm³/mol. The Labute approximate surface area is 133 Å².